The van der Waals surface area contributed by atoms with E-state index in [1.165, 1.54) is 5.56 Å². The normalized spacial score (nSPS) is 12.5. The standard InChI is InChI=1S/C14H21N5/c1-3-15-11-14-16-17-18-19(14)10-9-12(2)13-7-5-4-6-8-13/h4-8,12,15H,3,9-11H2,1-2H3. The average molecular weight is 259 g/mol. The molecular formula is C14H21N5. The Morgan fingerprint density at radius 3 is 2.79 bits per heavy atom. The first kappa shape index (κ1) is 13.7. The number of nitrogens with zero attached hydrogens (tertiary/aromatic N) is 4. The van der Waals surface area contributed by atoms with Crippen LogP contribution in [0.5, 0.6) is 0 Å². The van der Waals surface area contributed by atoms with Gasteiger partial charge in [-0.05, 0) is 34.9 Å². The molecule has 1 N–H and O–H groups in total. The van der Waals surface area contributed by atoms with Gasteiger partial charge in [0.25, 0.3) is 0 Å². The number of rotatable bonds is 7. The van der Waals surface area contributed by atoms with Crippen LogP contribution in [0.3, 0.4) is 0 Å². The topological polar surface area (TPSA) is 55.6 Å². The highest BCUT2D eigenvalue weighted by Gasteiger charge is 2.09. The first-order valence-corrected chi connectivity index (χ1v) is 6.82. The first-order valence-electron chi connectivity index (χ1n) is 6.82. The fourth-order valence-corrected chi connectivity index (χ4v) is 2.02. The lowest BCUT2D eigenvalue weighted by molar-refractivity contribution is 0.495. The van der Waals surface area contributed by atoms with E-state index >= 15 is 0 Å². The molecule has 102 valence electrons. The summed E-state index contributed by atoms with van der Waals surface area (Å²) in [5.74, 6) is 1.42. The molecule has 0 aliphatic rings. The van der Waals surface area contributed by atoms with Gasteiger partial charge in [-0.15, -0.1) is 5.10 Å². The summed E-state index contributed by atoms with van der Waals surface area (Å²) in [6.07, 6.45) is 1.04. The van der Waals surface area contributed by atoms with Gasteiger partial charge in [-0.3, -0.25) is 0 Å². The number of aryl methyl sites for hydroxylation is 1. The van der Waals surface area contributed by atoms with E-state index in [1.54, 1.807) is 0 Å². The summed E-state index contributed by atoms with van der Waals surface area (Å²) in [7, 11) is 0. The predicted octanol–water partition coefficient (Wildman–Crippen LogP) is 1.98. The molecule has 0 spiro atoms. The van der Waals surface area contributed by atoms with Crippen molar-refractivity contribution < 1.29 is 0 Å². The van der Waals surface area contributed by atoms with Crippen LogP contribution in [0, 0.1) is 0 Å². The molecule has 1 atom stereocenters. The molecule has 0 aliphatic heterocycles. The molecule has 0 bridgehead atoms. The van der Waals surface area contributed by atoms with E-state index in [4.69, 9.17) is 0 Å². The molecule has 5 nitrogen and oxygen atoms in total. The molecule has 19 heavy (non-hydrogen) atoms. The van der Waals surface area contributed by atoms with Crippen molar-refractivity contribution >= 4 is 0 Å². The van der Waals surface area contributed by atoms with Gasteiger partial charge in [0.05, 0.1) is 6.54 Å². The molecular weight excluding hydrogens is 238 g/mol. The van der Waals surface area contributed by atoms with Crippen LogP contribution >= 0.6 is 0 Å². The zero-order valence-electron chi connectivity index (χ0n) is 11.6. The van der Waals surface area contributed by atoms with Crippen LogP contribution in [0.15, 0.2) is 30.3 Å². The molecule has 1 aromatic heterocycles. The molecule has 0 radical (unpaired) electrons. The Morgan fingerprint density at radius 2 is 2.05 bits per heavy atom. The minimum absolute atomic E-state index is 0.511. The van der Waals surface area contributed by atoms with E-state index in [9.17, 15) is 0 Å². The third kappa shape index (κ3) is 3.86. The molecule has 5 heteroatoms. The Labute approximate surface area is 114 Å². The Balaban J connectivity index is 1.90. The van der Waals surface area contributed by atoms with Crippen LogP contribution in [-0.2, 0) is 13.1 Å². The van der Waals surface area contributed by atoms with Crippen molar-refractivity contribution in [2.24, 2.45) is 0 Å². The lowest BCUT2D eigenvalue weighted by Gasteiger charge is -2.12. The summed E-state index contributed by atoms with van der Waals surface area (Å²) in [6.45, 7) is 6.82. The Hall–Kier alpha value is -1.75. The third-order valence-electron chi connectivity index (χ3n) is 3.28. The van der Waals surface area contributed by atoms with Crippen LogP contribution in [0.2, 0.25) is 0 Å². The summed E-state index contributed by atoms with van der Waals surface area (Å²) in [6, 6.07) is 10.6. The maximum absolute atomic E-state index is 4.05. The molecule has 0 saturated heterocycles. The van der Waals surface area contributed by atoms with Crippen molar-refractivity contribution in [1.29, 1.82) is 0 Å². The van der Waals surface area contributed by atoms with E-state index in [-0.39, 0.29) is 0 Å². The fourth-order valence-electron chi connectivity index (χ4n) is 2.02. The van der Waals surface area contributed by atoms with Crippen molar-refractivity contribution in [3.63, 3.8) is 0 Å². The van der Waals surface area contributed by atoms with E-state index in [2.05, 4.69) is 59.0 Å². The quantitative estimate of drug-likeness (QED) is 0.826. The number of tetrazole rings is 1. The Kier molecular flexibility index (Phi) is 5.03. The van der Waals surface area contributed by atoms with Gasteiger partial charge < -0.3 is 5.32 Å². The number of aromatic nitrogens is 4. The zero-order valence-corrected chi connectivity index (χ0v) is 11.6. The SMILES string of the molecule is CCNCc1nnnn1CCC(C)c1ccccc1. The minimum atomic E-state index is 0.511. The number of benzene rings is 1. The van der Waals surface area contributed by atoms with E-state index in [0.717, 1.165) is 31.9 Å². The first-order chi connectivity index (χ1) is 9.31. The summed E-state index contributed by atoms with van der Waals surface area (Å²) in [4.78, 5) is 0. The highest BCUT2D eigenvalue weighted by molar-refractivity contribution is 5.18. The van der Waals surface area contributed by atoms with Gasteiger partial charge in [0.1, 0.15) is 0 Å². The van der Waals surface area contributed by atoms with Crippen LogP contribution in [-0.4, -0.2) is 26.8 Å². The Morgan fingerprint density at radius 1 is 1.26 bits per heavy atom. The molecule has 0 saturated carbocycles. The summed E-state index contributed by atoms with van der Waals surface area (Å²) >= 11 is 0. The van der Waals surface area contributed by atoms with Gasteiger partial charge in [0, 0.05) is 6.54 Å². The Bertz CT molecular complexity index is 480. The van der Waals surface area contributed by atoms with Crippen LogP contribution in [0.1, 0.15) is 37.6 Å². The van der Waals surface area contributed by atoms with Gasteiger partial charge >= 0.3 is 0 Å². The van der Waals surface area contributed by atoms with Crippen molar-refractivity contribution in [2.45, 2.75) is 39.3 Å². The molecule has 0 aliphatic carbocycles. The summed E-state index contributed by atoms with van der Waals surface area (Å²) in [5, 5.41) is 15.1. The van der Waals surface area contributed by atoms with Gasteiger partial charge in [-0.2, -0.15) is 0 Å². The summed E-state index contributed by atoms with van der Waals surface area (Å²) in [5.41, 5.74) is 1.36. The van der Waals surface area contributed by atoms with Crippen molar-refractivity contribution in [2.75, 3.05) is 6.54 Å². The molecule has 1 aromatic carbocycles. The van der Waals surface area contributed by atoms with Crippen LogP contribution in [0.25, 0.3) is 0 Å². The van der Waals surface area contributed by atoms with Gasteiger partial charge in [0.15, 0.2) is 5.82 Å². The second-order valence-electron chi connectivity index (χ2n) is 4.70. The molecule has 1 unspecified atom stereocenters. The smallest absolute Gasteiger partial charge is 0.165 e. The van der Waals surface area contributed by atoms with Crippen molar-refractivity contribution in [3.8, 4) is 0 Å². The average Bonchev–Trinajstić information content (AvgIpc) is 2.91. The largest absolute Gasteiger partial charge is 0.310 e. The van der Waals surface area contributed by atoms with E-state index < -0.39 is 0 Å². The number of nitrogens with one attached hydrogen (secondary N) is 1. The highest BCUT2D eigenvalue weighted by atomic mass is 15.5. The van der Waals surface area contributed by atoms with Crippen LogP contribution in [0.4, 0.5) is 0 Å². The lowest BCUT2D eigenvalue weighted by atomic mass is 9.98. The van der Waals surface area contributed by atoms with Gasteiger partial charge in [0.2, 0.25) is 0 Å². The van der Waals surface area contributed by atoms with E-state index in [1.807, 2.05) is 10.7 Å². The van der Waals surface area contributed by atoms with Gasteiger partial charge in [-0.1, -0.05) is 44.2 Å². The highest BCUT2D eigenvalue weighted by Crippen LogP contribution is 2.19. The second-order valence-corrected chi connectivity index (χ2v) is 4.70. The lowest BCUT2D eigenvalue weighted by Crippen LogP contribution is -2.17. The minimum Gasteiger partial charge on any atom is -0.310 e. The third-order valence-corrected chi connectivity index (χ3v) is 3.28. The maximum atomic E-state index is 4.05. The molecule has 2 aromatic rings. The van der Waals surface area contributed by atoms with Crippen LogP contribution < -0.4 is 5.32 Å². The monoisotopic (exact) mass is 259 g/mol. The predicted molar refractivity (Wildman–Crippen MR) is 74.7 cm³/mol. The molecule has 2 rings (SSSR count). The van der Waals surface area contributed by atoms with Crippen molar-refractivity contribution in [1.82, 2.24) is 25.5 Å². The number of hydrogen-bond donors (Lipinski definition) is 1. The molecule has 0 fully saturated rings. The molecule has 1 heterocycles. The maximum Gasteiger partial charge on any atom is 0.165 e. The van der Waals surface area contributed by atoms with Gasteiger partial charge in [-0.25, -0.2) is 4.68 Å². The van der Waals surface area contributed by atoms with Crippen molar-refractivity contribution in [3.05, 3.63) is 41.7 Å². The van der Waals surface area contributed by atoms with E-state index in [0.29, 0.717) is 5.92 Å². The fraction of sp³-hybridized carbons (Fsp3) is 0.500. The molecule has 0 amide bonds. The number of hydrogen-bond acceptors (Lipinski definition) is 4. The summed E-state index contributed by atoms with van der Waals surface area (Å²) < 4.78 is 1.89. The zero-order chi connectivity index (χ0) is 13.5. The second kappa shape index (κ2) is 6.99.